The summed E-state index contributed by atoms with van der Waals surface area (Å²) in [7, 11) is 0. The van der Waals surface area contributed by atoms with Crippen molar-refractivity contribution in [2.24, 2.45) is 5.41 Å². The minimum atomic E-state index is -0.805. The molecule has 0 unspecified atom stereocenters. The van der Waals surface area contributed by atoms with Crippen molar-refractivity contribution in [2.45, 2.75) is 20.3 Å². The third kappa shape index (κ3) is 1.78. The normalized spacial score (nSPS) is 11.9. The predicted octanol–water partition coefficient (Wildman–Crippen LogP) is 1.99. The Hall–Kier alpha value is -1.84. The van der Waals surface area contributed by atoms with E-state index in [9.17, 15) is 4.79 Å². The molecule has 0 amide bonds. The lowest BCUT2D eigenvalue weighted by Gasteiger charge is -2.17. The van der Waals surface area contributed by atoms with Crippen LogP contribution in [0.1, 0.15) is 19.7 Å². The zero-order valence-electron chi connectivity index (χ0n) is 9.34. The number of hydrogen-bond donors (Lipinski definition) is 1. The minimum absolute atomic E-state index is 0.417. The summed E-state index contributed by atoms with van der Waals surface area (Å²) < 4.78 is 1.92. The lowest BCUT2D eigenvalue weighted by atomic mass is 9.89. The van der Waals surface area contributed by atoms with Gasteiger partial charge in [-0.05, 0) is 26.0 Å². The lowest BCUT2D eigenvalue weighted by Crippen LogP contribution is -2.27. The number of carboxylic acids is 1. The molecule has 2 aromatic heterocycles. The highest BCUT2D eigenvalue weighted by molar-refractivity contribution is 5.73. The van der Waals surface area contributed by atoms with Crippen LogP contribution in [0.4, 0.5) is 0 Å². The monoisotopic (exact) mass is 218 g/mol. The highest BCUT2D eigenvalue weighted by atomic mass is 16.4. The fourth-order valence-corrected chi connectivity index (χ4v) is 1.60. The average molecular weight is 218 g/mol. The molecule has 0 spiro atoms. The molecule has 0 radical (unpaired) electrons. The van der Waals surface area contributed by atoms with Crippen LogP contribution in [0.3, 0.4) is 0 Å². The Morgan fingerprint density at radius 3 is 2.94 bits per heavy atom. The second kappa shape index (κ2) is 3.63. The predicted molar refractivity (Wildman–Crippen MR) is 60.3 cm³/mol. The topological polar surface area (TPSA) is 54.6 Å². The Morgan fingerprint density at radius 2 is 2.25 bits per heavy atom. The summed E-state index contributed by atoms with van der Waals surface area (Å²) in [6.45, 7) is 3.42. The van der Waals surface area contributed by atoms with E-state index in [-0.39, 0.29) is 0 Å². The van der Waals surface area contributed by atoms with E-state index in [2.05, 4.69) is 4.98 Å². The summed E-state index contributed by atoms with van der Waals surface area (Å²) in [5.74, 6) is -0.0248. The largest absolute Gasteiger partial charge is 0.481 e. The van der Waals surface area contributed by atoms with Crippen molar-refractivity contribution in [1.29, 1.82) is 0 Å². The van der Waals surface area contributed by atoms with Crippen LogP contribution in [0.15, 0.2) is 30.6 Å². The summed E-state index contributed by atoms with van der Waals surface area (Å²) in [5, 5.41) is 9.08. The molecule has 0 aliphatic heterocycles. The maximum atomic E-state index is 11.0. The Morgan fingerprint density at radius 1 is 1.50 bits per heavy atom. The molecular weight excluding hydrogens is 204 g/mol. The molecular formula is C12H14N2O2. The molecule has 84 valence electrons. The van der Waals surface area contributed by atoms with Gasteiger partial charge in [0.15, 0.2) is 0 Å². The van der Waals surface area contributed by atoms with Crippen LogP contribution < -0.4 is 0 Å². The van der Waals surface area contributed by atoms with Gasteiger partial charge in [0.2, 0.25) is 0 Å². The van der Waals surface area contributed by atoms with Gasteiger partial charge in [-0.3, -0.25) is 4.79 Å². The number of carboxylic acid groups (broad SMARTS) is 1. The zero-order valence-corrected chi connectivity index (χ0v) is 9.34. The fraction of sp³-hybridized carbons (Fsp3) is 0.333. The molecule has 16 heavy (non-hydrogen) atoms. The summed E-state index contributed by atoms with van der Waals surface area (Å²) in [5.41, 5.74) is 0.190. The molecule has 2 aromatic rings. The third-order valence-electron chi connectivity index (χ3n) is 2.69. The van der Waals surface area contributed by atoms with Gasteiger partial charge in [0, 0.05) is 12.6 Å². The molecule has 4 nitrogen and oxygen atoms in total. The van der Waals surface area contributed by atoms with Gasteiger partial charge in [0.1, 0.15) is 5.82 Å². The van der Waals surface area contributed by atoms with Crippen molar-refractivity contribution < 1.29 is 9.90 Å². The van der Waals surface area contributed by atoms with Gasteiger partial charge >= 0.3 is 5.97 Å². The van der Waals surface area contributed by atoms with E-state index in [1.165, 1.54) is 0 Å². The first-order valence-electron chi connectivity index (χ1n) is 5.15. The van der Waals surface area contributed by atoms with E-state index < -0.39 is 11.4 Å². The van der Waals surface area contributed by atoms with E-state index in [4.69, 9.17) is 5.11 Å². The standard InChI is InChI=1S/C12H14N2O2/c1-12(2,11(15)16)7-10-13-8-9-5-3-4-6-14(9)10/h3-6,8H,7H2,1-2H3,(H,15,16). The highest BCUT2D eigenvalue weighted by Gasteiger charge is 2.29. The van der Waals surface area contributed by atoms with Crippen LogP contribution in [0.5, 0.6) is 0 Å². The lowest BCUT2D eigenvalue weighted by molar-refractivity contribution is -0.146. The van der Waals surface area contributed by atoms with Gasteiger partial charge in [-0.15, -0.1) is 0 Å². The number of imidazole rings is 1. The van der Waals surface area contributed by atoms with Crippen LogP contribution in [0.25, 0.3) is 5.52 Å². The number of hydrogen-bond acceptors (Lipinski definition) is 2. The number of carbonyl (C=O) groups is 1. The Kier molecular flexibility index (Phi) is 2.42. The molecule has 0 aliphatic rings. The van der Waals surface area contributed by atoms with Gasteiger partial charge in [0.05, 0.1) is 17.1 Å². The number of aliphatic carboxylic acids is 1. The number of aromatic nitrogens is 2. The first-order chi connectivity index (χ1) is 7.50. The van der Waals surface area contributed by atoms with Crippen LogP contribution in [-0.4, -0.2) is 20.5 Å². The molecule has 0 aromatic carbocycles. The quantitative estimate of drug-likeness (QED) is 0.857. The molecule has 0 fully saturated rings. The van der Waals surface area contributed by atoms with Crippen LogP contribution in [-0.2, 0) is 11.2 Å². The van der Waals surface area contributed by atoms with Gasteiger partial charge < -0.3 is 9.51 Å². The van der Waals surface area contributed by atoms with E-state index in [0.717, 1.165) is 11.3 Å². The first-order valence-corrected chi connectivity index (χ1v) is 5.15. The molecule has 2 rings (SSSR count). The third-order valence-corrected chi connectivity index (χ3v) is 2.69. The zero-order chi connectivity index (χ0) is 11.8. The van der Waals surface area contributed by atoms with E-state index in [1.54, 1.807) is 20.0 Å². The second-order valence-electron chi connectivity index (χ2n) is 4.54. The van der Waals surface area contributed by atoms with Gasteiger partial charge in [-0.25, -0.2) is 4.98 Å². The van der Waals surface area contributed by atoms with Crippen molar-refractivity contribution in [2.75, 3.05) is 0 Å². The molecule has 0 saturated heterocycles. The minimum Gasteiger partial charge on any atom is -0.481 e. The molecule has 0 aliphatic carbocycles. The van der Waals surface area contributed by atoms with E-state index >= 15 is 0 Å². The maximum absolute atomic E-state index is 11.0. The van der Waals surface area contributed by atoms with Gasteiger partial charge in [0.25, 0.3) is 0 Å². The first kappa shape index (κ1) is 10.7. The molecule has 1 N–H and O–H groups in total. The van der Waals surface area contributed by atoms with Crippen molar-refractivity contribution in [3.63, 3.8) is 0 Å². The average Bonchev–Trinajstić information content (AvgIpc) is 2.61. The fourth-order valence-electron chi connectivity index (χ4n) is 1.60. The van der Waals surface area contributed by atoms with Gasteiger partial charge in [-0.1, -0.05) is 6.07 Å². The van der Waals surface area contributed by atoms with Crippen molar-refractivity contribution in [3.8, 4) is 0 Å². The summed E-state index contributed by atoms with van der Waals surface area (Å²) in [6, 6.07) is 5.79. The molecule has 0 saturated carbocycles. The van der Waals surface area contributed by atoms with E-state index in [1.807, 2.05) is 28.8 Å². The Balaban J connectivity index is 2.38. The summed E-state index contributed by atoms with van der Waals surface area (Å²) in [6.07, 6.45) is 4.07. The van der Waals surface area contributed by atoms with Crippen molar-refractivity contribution in [3.05, 3.63) is 36.4 Å². The summed E-state index contributed by atoms with van der Waals surface area (Å²) in [4.78, 5) is 15.3. The molecule has 0 atom stereocenters. The number of nitrogens with zero attached hydrogens (tertiary/aromatic N) is 2. The second-order valence-corrected chi connectivity index (χ2v) is 4.54. The van der Waals surface area contributed by atoms with Crippen LogP contribution >= 0.6 is 0 Å². The van der Waals surface area contributed by atoms with Crippen LogP contribution in [0.2, 0.25) is 0 Å². The van der Waals surface area contributed by atoms with E-state index in [0.29, 0.717) is 6.42 Å². The Bertz CT molecular complexity index is 529. The van der Waals surface area contributed by atoms with Crippen LogP contribution in [0, 0.1) is 5.41 Å². The highest BCUT2D eigenvalue weighted by Crippen LogP contribution is 2.21. The maximum Gasteiger partial charge on any atom is 0.309 e. The number of fused-ring (bicyclic) bond motifs is 1. The number of rotatable bonds is 3. The SMILES string of the molecule is CC(C)(Cc1ncc2ccccn12)C(=O)O. The molecule has 2 heterocycles. The smallest absolute Gasteiger partial charge is 0.309 e. The summed E-state index contributed by atoms with van der Waals surface area (Å²) >= 11 is 0. The number of pyridine rings is 1. The van der Waals surface area contributed by atoms with Gasteiger partial charge in [-0.2, -0.15) is 0 Å². The van der Waals surface area contributed by atoms with Crippen molar-refractivity contribution >= 4 is 11.5 Å². The van der Waals surface area contributed by atoms with Crippen molar-refractivity contribution in [1.82, 2.24) is 9.38 Å². The molecule has 0 bridgehead atoms. The molecule has 4 heteroatoms. The Labute approximate surface area is 93.5 Å².